The first-order valence-corrected chi connectivity index (χ1v) is 8.13. The van der Waals surface area contributed by atoms with E-state index in [1.807, 2.05) is 0 Å². The van der Waals surface area contributed by atoms with Gasteiger partial charge in [-0.15, -0.1) is 0 Å². The van der Waals surface area contributed by atoms with Gasteiger partial charge in [0, 0.05) is 6.61 Å². The van der Waals surface area contributed by atoms with Crippen LogP contribution in [0.1, 0.15) is 90.9 Å². The van der Waals surface area contributed by atoms with Crippen molar-refractivity contribution in [2.24, 2.45) is 0 Å². The molecule has 0 aliphatic heterocycles. The Labute approximate surface area is 115 Å². The van der Waals surface area contributed by atoms with E-state index >= 15 is 0 Å². The molecular formula is C17H34O. The first-order chi connectivity index (χ1) is 8.85. The minimum atomic E-state index is 0.353. The average Bonchev–Trinajstić information content (AvgIpc) is 2.39. The Morgan fingerprint density at radius 1 is 0.778 bits per heavy atom. The van der Waals surface area contributed by atoms with E-state index in [1.165, 1.54) is 70.6 Å². The van der Waals surface area contributed by atoms with Crippen molar-refractivity contribution in [3.05, 3.63) is 11.6 Å². The molecule has 0 atom stereocenters. The van der Waals surface area contributed by atoms with Crippen molar-refractivity contribution < 1.29 is 5.11 Å². The topological polar surface area (TPSA) is 20.2 Å². The third-order valence-electron chi connectivity index (χ3n) is 3.50. The van der Waals surface area contributed by atoms with Crippen LogP contribution in [0.15, 0.2) is 11.6 Å². The lowest BCUT2D eigenvalue weighted by molar-refractivity contribution is 0.283. The average molecular weight is 254 g/mol. The monoisotopic (exact) mass is 254 g/mol. The molecule has 0 rings (SSSR count). The number of aliphatic hydroxyl groups is 1. The van der Waals surface area contributed by atoms with Crippen molar-refractivity contribution in [1.29, 1.82) is 0 Å². The van der Waals surface area contributed by atoms with E-state index in [0.717, 1.165) is 6.42 Å². The predicted molar refractivity (Wildman–Crippen MR) is 81.9 cm³/mol. The molecule has 0 aromatic carbocycles. The summed E-state index contributed by atoms with van der Waals surface area (Å²) in [5, 5.41) is 8.79. The summed E-state index contributed by atoms with van der Waals surface area (Å²) in [6.07, 6.45) is 17.8. The summed E-state index contributed by atoms with van der Waals surface area (Å²) in [4.78, 5) is 0. The van der Waals surface area contributed by atoms with Gasteiger partial charge < -0.3 is 5.11 Å². The molecule has 0 spiro atoms. The number of rotatable bonds is 13. The van der Waals surface area contributed by atoms with Crippen molar-refractivity contribution in [1.82, 2.24) is 0 Å². The van der Waals surface area contributed by atoms with E-state index in [1.54, 1.807) is 5.57 Å². The molecule has 0 aliphatic carbocycles. The van der Waals surface area contributed by atoms with E-state index in [-0.39, 0.29) is 0 Å². The van der Waals surface area contributed by atoms with Crippen LogP contribution in [0.2, 0.25) is 0 Å². The molecule has 108 valence electrons. The van der Waals surface area contributed by atoms with Gasteiger partial charge in [0.2, 0.25) is 0 Å². The van der Waals surface area contributed by atoms with Crippen LogP contribution < -0.4 is 0 Å². The fourth-order valence-electron chi connectivity index (χ4n) is 2.27. The second-order valence-electron chi connectivity index (χ2n) is 5.35. The Balaban J connectivity index is 3.82. The van der Waals surface area contributed by atoms with Crippen LogP contribution in [0.4, 0.5) is 0 Å². The molecule has 0 aliphatic rings. The van der Waals surface area contributed by atoms with Crippen LogP contribution in [0.3, 0.4) is 0 Å². The van der Waals surface area contributed by atoms with Crippen molar-refractivity contribution in [2.75, 3.05) is 6.61 Å². The molecule has 1 N–H and O–H groups in total. The Morgan fingerprint density at radius 3 is 2.00 bits per heavy atom. The molecule has 0 radical (unpaired) electrons. The molecule has 1 nitrogen and oxygen atoms in total. The summed E-state index contributed by atoms with van der Waals surface area (Å²) >= 11 is 0. The SMILES string of the molecule is CCCCC/C=C(\CCCCC)CCCCCO. The molecule has 0 heterocycles. The smallest absolute Gasteiger partial charge is 0.0431 e. The number of aliphatic hydroxyl groups excluding tert-OH is 1. The highest BCUT2D eigenvalue weighted by molar-refractivity contribution is 5.01. The van der Waals surface area contributed by atoms with Gasteiger partial charge in [0.05, 0.1) is 0 Å². The molecule has 0 saturated carbocycles. The molecule has 0 unspecified atom stereocenters. The summed E-state index contributed by atoms with van der Waals surface area (Å²) in [6, 6.07) is 0. The predicted octanol–water partition coefficient (Wildman–Crippen LogP) is 5.63. The maximum Gasteiger partial charge on any atom is 0.0431 e. The summed E-state index contributed by atoms with van der Waals surface area (Å²) in [5.74, 6) is 0. The van der Waals surface area contributed by atoms with Crippen LogP contribution in [0, 0.1) is 0 Å². The number of hydrogen-bond acceptors (Lipinski definition) is 1. The first-order valence-electron chi connectivity index (χ1n) is 8.13. The Bertz CT molecular complexity index is 184. The van der Waals surface area contributed by atoms with E-state index in [2.05, 4.69) is 19.9 Å². The van der Waals surface area contributed by atoms with E-state index in [9.17, 15) is 0 Å². The van der Waals surface area contributed by atoms with Gasteiger partial charge in [-0.1, -0.05) is 57.6 Å². The zero-order chi connectivity index (χ0) is 13.5. The molecule has 0 aromatic heterocycles. The normalized spacial score (nSPS) is 12.1. The molecular weight excluding hydrogens is 220 g/mol. The summed E-state index contributed by atoms with van der Waals surface area (Å²) in [5.41, 5.74) is 1.68. The van der Waals surface area contributed by atoms with Gasteiger partial charge in [0.1, 0.15) is 0 Å². The standard InChI is InChI=1S/C17H34O/c1-3-5-7-10-14-17(13-9-6-4-2)15-11-8-12-16-18/h14,18H,3-13,15-16H2,1-2H3/b17-14+. The second-order valence-corrected chi connectivity index (χ2v) is 5.35. The van der Waals surface area contributed by atoms with Crippen LogP contribution in [0.5, 0.6) is 0 Å². The lowest BCUT2D eigenvalue weighted by Gasteiger charge is -2.07. The van der Waals surface area contributed by atoms with Gasteiger partial charge in [-0.25, -0.2) is 0 Å². The number of hydrogen-bond donors (Lipinski definition) is 1. The van der Waals surface area contributed by atoms with Crippen molar-refractivity contribution >= 4 is 0 Å². The second kappa shape index (κ2) is 14.8. The maximum atomic E-state index is 8.79. The highest BCUT2D eigenvalue weighted by Crippen LogP contribution is 2.18. The van der Waals surface area contributed by atoms with Gasteiger partial charge in [0.25, 0.3) is 0 Å². The zero-order valence-corrected chi connectivity index (χ0v) is 12.7. The minimum Gasteiger partial charge on any atom is -0.396 e. The van der Waals surface area contributed by atoms with Crippen molar-refractivity contribution in [2.45, 2.75) is 90.9 Å². The summed E-state index contributed by atoms with van der Waals surface area (Å²) < 4.78 is 0. The number of unbranched alkanes of at least 4 members (excludes halogenated alkanes) is 7. The highest BCUT2D eigenvalue weighted by Gasteiger charge is 1.98. The molecule has 0 fully saturated rings. The fourth-order valence-corrected chi connectivity index (χ4v) is 2.27. The van der Waals surface area contributed by atoms with E-state index in [4.69, 9.17) is 5.11 Å². The zero-order valence-electron chi connectivity index (χ0n) is 12.7. The van der Waals surface area contributed by atoms with Crippen molar-refractivity contribution in [3.63, 3.8) is 0 Å². The van der Waals surface area contributed by atoms with Crippen LogP contribution in [0.25, 0.3) is 0 Å². The van der Waals surface area contributed by atoms with Crippen LogP contribution in [-0.4, -0.2) is 11.7 Å². The summed E-state index contributed by atoms with van der Waals surface area (Å²) in [6.45, 7) is 4.89. The highest BCUT2D eigenvalue weighted by atomic mass is 16.2. The van der Waals surface area contributed by atoms with E-state index in [0.29, 0.717) is 6.61 Å². The molecule has 0 bridgehead atoms. The quantitative estimate of drug-likeness (QED) is 0.334. The van der Waals surface area contributed by atoms with Gasteiger partial charge in [0.15, 0.2) is 0 Å². The third-order valence-corrected chi connectivity index (χ3v) is 3.50. The van der Waals surface area contributed by atoms with Crippen LogP contribution in [-0.2, 0) is 0 Å². The van der Waals surface area contributed by atoms with Crippen LogP contribution >= 0.6 is 0 Å². The number of allylic oxidation sites excluding steroid dienone is 2. The molecule has 0 amide bonds. The fraction of sp³-hybridized carbons (Fsp3) is 0.882. The van der Waals surface area contributed by atoms with Gasteiger partial charge in [-0.05, 0) is 44.9 Å². The largest absolute Gasteiger partial charge is 0.396 e. The molecule has 18 heavy (non-hydrogen) atoms. The Kier molecular flexibility index (Phi) is 14.5. The third kappa shape index (κ3) is 12.2. The Hall–Kier alpha value is -0.300. The lowest BCUT2D eigenvalue weighted by Crippen LogP contribution is -1.89. The van der Waals surface area contributed by atoms with Gasteiger partial charge >= 0.3 is 0 Å². The first kappa shape index (κ1) is 17.7. The van der Waals surface area contributed by atoms with Gasteiger partial charge in [-0.2, -0.15) is 0 Å². The lowest BCUT2D eigenvalue weighted by atomic mass is 9.99. The van der Waals surface area contributed by atoms with Crippen molar-refractivity contribution in [3.8, 4) is 0 Å². The van der Waals surface area contributed by atoms with E-state index < -0.39 is 0 Å². The molecule has 0 saturated heterocycles. The maximum absolute atomic E-state index is 8.79. The molecule has 1 heteroatoms. The minimum absolute atomic E-state index is 0.353. The van der Waals surface area contributed by atoms with Gasteiger partial charge in [-0.3, -0.25) is 0 Å². The molecule has 0 aromatic rings. The Morgan fingerprint density at radius 2 is 1.39 bits per heavy atom. The summed E-state index contributed by atoms with van der Waals surface area (Å²) in [7, 11) is 0.